The number of pyridine rings is 1. The topological polar surface area (TPSA) is 69.1 Å². The molecule has 0 aliphatic carbocycles. The molecule has 6 heteroatoms. The van der Waals surface area contributed by atoms with Crippen molar-refractivity contribution in [2.24, 2.45) is 0 Å². The third-order valence-electron chi connectivity index (χ3n) is 4.92. The number of ether oxygens (including phenoxy) is 2. The van der Waals surface area contributed by atoms with Gasteiger partial charge in [-0.3, -0.25) is 4.79 Å². The van der Waals surface area contributed by atoms with E-state index in [1.807, 2.05) is 48.5 Å². The summed E-state index contributed by atoms with van der Waals surface area (Å²) in [5.74, 6) is 1.27. The highest BCUT2D eigenvalue weighted by Crippen LogP contribution is 2.23. The lowest BCUT2D eigenvalue weighted by Gasteiger charge is -2.11. The minimum atomic E-state index is -0.123. The summed E-state index contributed by atoms with van der Waals surface area (Å²) in [6, 6.07) is 16.9. The Hall–Kier alpha value is -3.12. The van der Waals surface area contributed by atoms with Gasteiger partial charge in [-0.2, -0.15) is 0 Å². The van der Waals surface area contributed by atoms with Gasteiger partial charge in [0.25, 0.3) is 5.56 Å². The van der Waals surface area contributed by atoms with Crippen LogP contribution in [0.4, 0.5) is 0 Å². The van der Waals surface area contributed by atoms with Crippen molar-refractivity contribution in [2.75, 3.05) is 13.2 Å². The lowest BCUT2D eigenvalue weighted by molar-refractivity contribution is 0.0680. The zero-order valence-corrected chi connectivity index (χ0v) is 14.7. The van der Waals surface area contributed by atoms with Crippen LogP contribution in [-0.2, 0) is 4.74 Å². The monoisotopic (exact) mass is 361 g/mol. The van der Waals surface area contributed by atoms with Crippen LogP contribution in [0.2, 0.25) is 0 Å². The van der Waals surface area contributed by atoms with E-state index in [9.17, 15) is 4.79 Å². The van der Waals surface area contributed by atoms with Crippen molar-refractivity contribution in [3.05, 3.63) is 65.0 Å². The summed E-state index contributed by atoms with van der Waals surface area (Å²) in [6.45, 7) is 1.37. The Balaban J connectivity index is 1.52. The molecule has 0 bridgehead atoms. The number of H-pyrrole nitrogens is 1. The quantitative estimate of drug-likeness (QED) is 0.605. The third-order valence-corrected chi connectivity index (χ3v) is 4.92. The van der Waals surface area contributed by atoms with Crippen LogP contribution in [0.25, 0.3) is 27.9 Å². The molecule has 27 heavy (non-hydrogen) atoms. The molecule has 1 N–H and O–H groups in total. The fourth-order valence-corrected chi connectivity index (χ4v) is 3.54. The molecule has 1 aliphatic heterocycles. The van der Waals surface area contributed by atoms with Gasteiger partial charge >= 0.3 is 0 Å². The second-order valence-corrected chi connectivity index (χ2v) is 6.75. The predicted octanol–water partition coefficient (Wildman–Crippen LogP) is 3.42. The number of nitrogens with zero attached hydrogens (tertiary/aromatic N) is 2. The molecule has 1 aliphatic rings. The number of para-hydroxylation sites is 1. The number of benzene rings is 2. The van der Waals surface area contributed by atoms with E-state index in [1.165, 1.54) is 0 Å². The molecule has 6 nitrogen and oxygen atoms in total. The Labute approximate surface area is 155 Å². The van der Waals surface area contributed by atoms with Crippen LogP contribution in [0.3, 0.4) is 0 Å². The Morgan fingerprint density at radius 1 is 1.19 bits per heavy atom. The van der Waals surface area contributed by atoms with Crippen molar-refractivity contribution in [1.82, 2.24) is 14.5 Å². The molecule has 0 saturated carbocycles. The van der Waals surface area contributed by atoms with E-state index in [0.717, 1.165) is 47.1 Å². The summed E-state index contributed by atoms with van der Waals surface area (Å²) >= 11 is 0. The van der Waals surface area contributed by atoms with Crippen LogP contribution in [0.15, 0.2) is 59.4 Å². The first-order valence-electron chi connectivity index (χ1n) is 9.13. The van der Waals surface area contributed by atoms with Crippen molar-refractivity contribution in [1.29, 1.82) is 0 Å². The number of fused-ring (bicyclic) bond motifs is 2. The van der Waals surface area contributed by atoms with Gasteiger partial charge in [-0.1, -0.05) is 18.2 Å². The van der Waals surface area contributed by atoms with E-state index in [0.29, 0.717) is 12.6 Å². The van der Waals surface area contributed by atoms with Gasteiger partial charge in [-0.05, 0) is 42.5 Å². The van der Waals surface area contributed by atoms with Gasteiger partial charge in [0.05, 0.1) is 22.7 Å². The van der Waals surface area contributed by atoms with Crippen LogP contribution in [0, 0.1) is 0 Å². The molecule has 0 radical (unpaired) electrons. The molecule has 2 aromatic heterocycles. The minimum absolute atomic E-state index is 0.123. The number of imidazole rings is 1. The SMILES string of the molecule is O=c1ccc2ccccc2n1-c1nc2ccc(OCC3CCCO3)cc2[nH]1. The summed E-state index contributed by atoms with van der Waals surface area (Å²) in [5.41, 5.74) is 2.31. The number of rotatable bonds is 4. The lowest BCUT2D eigenvalue weighted by atomic mass is 10.2. The summed E-state index contributed by atoms with van der Waals surface area (Å²) in [4.78, 5) is 20.3. The largest absolute Gasteiger partial charge is 0.491 e. The van der Waals surface area contributed by atoms with Crippen LogP contribution in [-0.4, -0.2) is 33.9 Å². The molecule has 3 heterocycles. The molecule has 0 spiro atoms. The van der Waals surface area contributed by atoms with E-state index in [4.69, 9.17) is 9.47 Å². The van der Waals surface area contributed by atoms with E-state index in [-0.39, 0.29) is 11.7 Å². The Bertz CT molecular complexity index is 1170. The number of hydrogen-bond acceptors (Lipinski definition) is 4. The average molecular weight is 361 g/mol. The number of aromatic amines is 1. The van der Waals surface area contributed by atoms with Crippen molar-refractivity contribution >= 4 is 21.9 Å². The van der Waals surface area contributed by atoms with Gasteiger partial charge < -0.3 is 14.5 Å². The molecule has 2 aromatic carbocycles. The molecule has 1 saturated heterocycles. The molecular weight excluding hydrogens is 342 g/mol. The highest BCUT2D eigenvalue weighted by atomic mass is 16.5. The van der Waals surface area contributed by atoms with Gasteiger partial charge in [-0.25, -0.2) is 9.55 Å². The van der Waals surface area contributed by atoms with E-state index < -0.39 is 0 Å². The van der Waals surface area contributed by atoms with Gasteiger partial charge in [0.2, 0.25) is 5.95 Å². The van der Waals surface area contributed by atoms with E-state index >= 15 is 0 Å². The van der Waals surface area contributed by atoms with Crippen molar-refractivity contribution in [2.45, 2.75) is 18.9 Å². The highest BCUT2D eigenvalue weighted by Gasteiger charge is 2.16. The molecule has 5 rings (SSSR count). The molecule has 4 aromatic rings. The maximum Gasteiger partial charge on any atom is 0.257 e. The Kier molecular flexibility index (Phi) is 3.90. The molecule has 136 valence electrons. The number of hydrogen-bond donors (Lipinski definition) is 1. The van der Waals surface area contributed by atoms with Gasteiger partial charge in [0.15, 0.2) is 0 Å². The summed E-state index contributed by atoms with van der Waals surface area (Å²) in [7, 11) is 0. The highest BCUT2D eigenvalue weighted by molar-refractivity contribution is 5.82. The maximum atomic E-state index is 12.5. The van der Waals surface area contributed by atoms with Crippen molar-refractivity contribution in [3.63, 3.8) is 0 Å². The lowest BCUT2D eigenvalue weighted by Crippen LogP contribution is -2.18. The van der Waals surface area contributed by atoms with Crippen LogP contribution in [0.5, 0.6) is 5.75 Å². The molecular formula is C21H19N3O3. The molecule has 1 atom stereocenters. The van der Waals surface area contributed by atoms with Crippen LogP contribution < -0.4 is 10.3 Å². The third kappa shape index (κ3) is 2.98. The second-order valence-electron chi connectivity index (χ2n) is 6.75. The van der Waals surface area contributed by atoms with Crippen LogP contribution >= 0.6 is 0 Å². The number of aromatic nitrogens is 3. The first-order valence-corrected chi connectivity index (χ1v) is 9.13. The standard InChI is InChI=1S/C21H19N3O3/c25-20-10-7-14-4-1-2-6-19(14)24(20)21-22-17-9-8-15(12-18(17)23-21)27-13-16-5-3-11-26-16/h1-2,4,6-10,12,16H,3,5,11,13H2,(H,22,23). The summed E-state index contributed by atoms with van der Waals surface area (Å²) in [5, 5.41) is 0.984. The predicted molar refractivity (Wildman–Crippen MR) is 104 cm³/mol. The minimum Gasteiger partial charge on any atom is -0.491 e. The first kappa shape index (κ1) is 16.1. The van der Waals surface area contributed by atoms with Crippen molar-refractivity contribution in [3.8, 4) is 11.7 Å². The summed E-state index contributed by atoms with van der Waals surface area (Å²) < 4.78 is 13.1. The average Bonchev–Trinajstić information content (AvgIpc) is 3.35. The van der Waals surface area contributed by atoms with Crippen molar-refractivity contribution < 1.29 is 9.47 Å². The zero-order valence-electron chi connectivity index (χ0n) is 14.7. The van der Waals surface area contributed by atoms with E-state index in [1.54, 1.807) is 10.6 Å². The summed E-state index contributed by atoms with van der Waals surface area (Å²) in [6.07, 6.45) is 2.31. The van der Waals surface area contributed by atoms with Gasteiger partial charge in [-0.15, -0.1) is 0 Å². The zero-order chi connectivity index (χ0) is 18.2. The van der Waals surface area contributed by atoms with Gasteiger partial charge in [0.1, 0.15) is 12.4 Å². The van der Waals surface area contributed by atoms with Crippen LogP contribution in [0.1, 0.15) is 12.8 Å². The first-order chi connectivity index (χ1) is 13.3. The molecule has 0 amide bonds. The maximum absolute atomic E-state index is 12.5. The fourth-order valence-electron chi connectivity index (χ4n) is 3.54. The molecule has 1 unspecified atom stereocenters. The second kappa shape index (κ2) is 6.55. The normalized spacial score (nSPS) is 17.0. The smallest absolute Gasteiger partial charge is 0.257 e. The Morgan fingerprint density at radius 2 is 2.11 bits per heavy atom. The molecule has 1 fully saturated rings. The van der Waals surface area contributed by atoms with Gasteiger partial charge in [0, 0.05) is 18.7 Å². The fraction of sp³-hybridized carbons (Fsp3) is 0.238. The Morgan fingerprint density at radius 3 is 3.00 bits per heavy atom. The van der Waals surface area contributed by atoms with E-state index in [2.05, 4.69) is 9.97 Å². The number of nitrogens with one attached hydrogen (secondary N) is 1.